The lowest BCUT2D eigenvalue weighted by molar-refractivity contribution is -0.341. The first-order valence-corrected chi connectivity index (χ1v) is 13.9. The van der Waals surface area contributed by atoms with E-state index in [0.717, 1.165) is 11.6 Å². The molecular weight excluding hydrogens is 582 g/mol. The van der Waals surface area contributed by atoms with Gasteiger partial charge >= 0.3 is 12.5 Å². The van der Waals surface area contributed by atoms with E-state index < -0.39 is 35.2 Å². The van der Waals surface area contributed by atoms with E-state index in [0.29, 0.717) is 22.6 Å². The number of ether oxygens (including phenoxy) is 1. The number of nitrogens with one attached hydrogen (secondary N) is 1. The highest BCUT2D eigenvalue weighted by atomic mass is 32.2. The summed E-state index contributed by atoms with van der Waals surface area (Å²) < 4.78 is 100. The zero-order valence-corrected chi connectivity index (χ0v) is 22.6. The molecule has 1 aliphatic rings. The van der Waals surface area contributed by atoms with Crippen LogP contribution in [0.3, 0.4) is 0 Å². The van der Waals surface area contributed by atoms with E-state index in [1.54, 1.807) is 42.5 Å². The summed E-state index contributed by atoms with van der Waals surface area (Å²) >= 11 is 0. The molecule has 13 heteroatoms. The van der Waals surface area contributed by atoms with E-state index in [2.05, 4.69) is 19.4 Å². The van der Waals surface area contributed by atoms with Crippen molar-refractivity contribution in [3.63, 3.8) is 0 Å². The Bertz CT molecular complexity index is 1610. The van der Waals surface area contributed by atoms with Gasteiger partial charge in [-0.15, -0.1) is 13.2 Å². The van der Waals surface area contributed by atoms with Gasteiger partial charge in [-0.1, -0.05) is 48.5 Å². The molecule has 1 saturated carbocycles. The van der Waals surface area contributed by atoms with Gasteiger partial charge in [-0.05, 0) is 60.6 Å². The smallest absolute Gasteiger partial charge is 0.399 e. The standard InChI is InChI=1S/C29H24F6N4O2S/c30-28(31,32)25-10-2-1-9-23(25)26-24(16-37-27(38-26)39-42(40)22-8-4-7-20(36)15-22)19-6-3-5-17(13-19)18-11-12-21(14-18)41-29(33,34)35/h1-10,13,15-16,18,21H,11-12,14,36H2,(H,37,38,39)/t18-,21+,42?/m0/s1. The molecule has 0 radical (unpaired) electrons. The Hall–Kier alpha value is -3.97. The van der Waals surface area contributed by atoms with Crippen molar-refractivity contribution in [1.82, 2.24) is 9.97 Å². The molecule has 220 valence electrons. The summed E-state index contributed by atoms with van der Waals surface area (Å²) in [5.74, 6) is -0.406. The first-order valence-electron chi connectivity index (χ1n) is 12.8. The molecule has 1 unspecified atom stereocenters. The topological polar surface area (TPSA) is 90.1 Å². The number of hydrogen-bond donors (Lipinski definition) is 2. The maximum Gasteiger partial charge on any atom is 0.522 e. The van der Waals surface area contributed by atoms with Crippen molar-refractivity contribution in [2.75, 3.05) is 10.5 Å². The third-order valence-corrected chi connectivity index (χ3v) is 7.94. The number of alkyl halides is 6. The minimum Gasteiger partial charge on any atom is -0.399 e. The van der Waals surface area contributed by atoms with Gasteiger partial charge in [-0.3, -0.25) is 9.46 Å². The Balaban J connectivity index is 1.54. The predicted octanol–water partition coefficient (Wildman–Crippen LogP) is 7.72. The quantitative estimate of drug-likeness (QED) is 0.166. The molecule has 0 saturated heterocycles. The molecule has 4 aromatic rings. The van der Waals surface area contributed by atoms with Gasteiger partial charge in [0.1, 0.15) is 0 Å². The van der Waals surface area contributed by atoms with Crippen LogP contribution < -0.4 is 10.5 Å². The van der Waals surface area contributed by atoms with Crippen LogP contribution in [0.25, 0.3) is 22.4 Å². The molecule has 1 heterocycles. The second-order valence-electron chi connectivity index (χ2n) is 9.76. The highest BCUT2D eigenvalue weighted by Gasteiger charge is 2.38. The van der Waals surface area contributed by atoms with Crippen LogP contribution in [0.1, 0.15) is 36.3 Å². The third-order valence-electron chi connectivity index (χ3n) is 6.89. The van der Waals surface area contributed by atoms with Crippen LogP contribution in [0.5, 0.6) is 0 Å². The molecule has 42 heavy (non-hydrogen) atoms. The van der Waals surface area contributed by atoms with Gasteiger partial charge in [-0.2, -0.15) is 13.2 Å². The van der Waals surface area contributed by atoms with Crippen LogP contribution in [-0.2, 0) is 21.9 Å². The minimum atomic E-state index is -4.73. The first-order chi connectivity index (χ1) is 19.9. The molecule has 0 amide bonds. The maximum atomic E-state index is 14.0. The van der Waals surface area contributed by atoms with Gasteiger partial charge in [0, 0.05) is 23.0 Å². The Kier molecular flexibility index (Phi) is 8.24. The molecule has 0 bridgehead atoms. The molecule has 3 aromatic carbocycles. The second kappa shape index (κ2) is 11.7. The van der Waals surface area contributed by atoms with E-state index in [1.807, 2.05) is 0 Å². The van der Waals surface area contributed by atoms with E-state index in [-0.39, 0.29) is 41.5 Å². The SMILES string of the molecule is Nc1cccc(S(=O)Nc2ncc(-c3cccc([C@H]4CC[C@@H](OC(F)(F)F)C4)c3)c(-c3ccccc3C(F)(F)F)n2)c1. The number of aromatic nitrogens is 2. The number of benzene rings is 3. The van der Waals surface area contributed by atoms with Gasteiger partial charge in [0.25, 0.3) is 0 Å². The summed E-state index contributed by atoms with van der Waals surface area (Å²) in [5, 5.41) is 0. The average Bonchev–Trinajstić information content (AvgIpc) is 3.39. The van der Waals surface area contributed by atoms with Crippen molar-refractivity contribution in [2.45, 2.75) is 48.7 Å². The van der Waals surface area contributed by atoms with E-state index >= 15 is 0 Å². The number of nitrogens with zero attached hydrogens (tertiary/aromatic N) is 2. The van der Waals surface area contributed by atoms with Gasteiger partial charge < -0.3 is 5.73 Å². The van der Waals surface area contributed by atoms with Crippen molar-refractivity contribution >= 4 is 22.6 Å². The van der Waals surface area contributed by atoms with Crippen LogP contribution in [-0.4, -0.2) is 26.6 Å². The number of halogens is 6. The van der Waals surface area contributed by atoms with E-state index in [4.69, 9.17) is 5.73 Å². The Morgan fingerprint density at radius 3 is 2.40 bits per heavy atom. The number of hydrogen-bond acceptors (Lipinski definition) is 5. The lowest BCUT2D eigenvalue weighted by Crippen LogP contribution is -2.21. The monoisotopic (exact) mass is 606 g/mol. The van der Waals surface area contributed by atoms with Crippen LogP contribution in [0.2, 0.25) is 0 Å². The molecule has 1 aromatic heterocycles. The van der Waals surface area contributed by atoms with Crippen molar-refractivity contribution < 1.29 is 35.3 Å². The number of rotatable bonds is 7. The number of nitrogens with two attached hydrogens (primary N) is 1. The second-order valence-corrected chi connectivity index (χ2v) is 11.0. The third kappa shape index (κ3) is 6.90. The summed E-state index contributed by atoms with van der Waals surface area (Å²) in [7, 11) is -1.87. The fraction of sp³-hybridized carbons (Fsp3) is 0.241. The first kappa shape index (κ1) is 29.5. The molecule has 6 nitrogen and oxygen atoms in total. The van der Waals surface area contributed by atoms with E-state index in [1.165, 1.54) is 30.5 Å². The predicted molar refractivity (Wildman–Crippen MR) is 146 cm³/mol. The summed E-state index contributed by atoms with van der Waals surface area (Å²) in [4.78, 5) is 8.91. The molecule has 0 spiro atoms. The largest absolute Gasteiger partial charge is 0.522 e. The fourth-order valence-electron chi connectivity index (χ4n) is 5.06. The molecule has 0 aliphatic heterocycles. The van der Waals surface area contributed by atoms with Crippen LogP contribution >= 0.6 is 0 Å². The van der Waals surface area contributed by atoms with Crippen molar-refractivity contribution in [3.8, 4) is 22.4 Å². The van der Waals surface area contributed by atoms with Crippen molar-refractivity contribution in [2.24, 2.45) is 0 Å². The summed E-state index contributed by atoms with van der Waals surface area (Å²) in [6, 6.07) is 18.0. The lowest BCUT2D eigenvalue weighted by Gasteiger charge is -2.18. The lowest BCUT2D eigenvalue weighted by atomic mass is 9.92. The van der Waals surface area contributed by atoms with Crippen molar-refractivity contribution in [3.05, 3.63) is 90.1 Å². The van der Waals surface area contributed by atoms with E-state index in [9.17, 15) is 30.6 Å². The number of anilines is 2. The maximum absolute atomic E-state index is 14.0. The molecular formula is C29H24F6N4O2S. The summed E-state index contributed by atoms with van der Waals surface area (Å²) in [6.07, 6.45) is -8.22. The zero-order chi connectivity index (χ0) is 30.1. The zero-order valence-electron chi connectivity index (χ0n) is 21.7. The van der Waals surface area contributed by atoms with Crippen molar-refractivity contribution in [1.29, 1.82) is 0 Å². The molecule has 1 fully saturated rings. The molecule has 3 N–H and O–H groups in total. The highest BCUT2D eigenvalue weighted by molar-refractivity contribution is 7.86. The summed E-state index contributed by atoms with van der Waals surface area (Å²) in [6.45, 7) is 0. The fourth-order valence-corrected chi connectivity index (χ4v) is 5.88. The Labute approximate surface area is 239 Å². The Morgan fingerprint density at radius 2 is 1.67 bits per heavy atom. The number of nitrogen functional groups attached to an aromatic ring is 1. The van der Waals surface area contributed by atoms with Gasteiger partial charge in [0.2, 0.25) is 5.95 Å². The Morgan fingerprint density at radius 1 is 0.905 bits per heavy atom. The molecule has 3 atom stereocenters. The van der Waals surface area contributed by atoms with Gasteiger partial charge in [-0.25, -0.2) is 14.2 Å². The average molecular weight is 607 g/mol. The van der Waals surface area contributed by atoms with Crippen LogP contribution in [0, 0.1) is 0 Å². The molecule has 1 aliphatic carbocycles. The molecule has 5 rings (SSSR count). The highest BCUT2D eigenvalue weighted by Crippen LogP contribution is 2.42. The van der Waals surface area contributed by atoms with Crippen LogP contribution in [0.4, 0.5) is 38.0 Å². The van der Waals surface area contributed by atoms with Gasteiger partial charge in [0.15, 0.2) is 11.0 Å². The minimum absolute atomic E-state index is 0.0631. The normalized spacial score (nSPS) is 18.1. The van der Waals surface area contributed by atoms with Crippen LogP contribution in [0.15, 0.2) is 83.9 Å². The van der Waals surface area contributed by atoms with Gasteiger partial charge in [0.05, 0.1) is 22.3 Å². The summed E-state index contributed by atoms with van der Waals surface area (Å²) in [5.41, 5.74) is 6.39.